The molecule has 0 N–H and O–H groups in total. The van der Waals surface area contributed by atoms with Crippen LogP contribution in [0.5, 0.6) is 0 Å². The van der Waals surface area contributed by atoms with Gasteiger partial charge >= 0.3 is 0 Å². The minimum Gasteiger partial charge on any atom is -0.380 e. The van der Waals surface area contributed by atoms with E-state index in [1.54, 1.807) is 18.5 Å². The van der Waals surface area contributed by atoms with Crippen molar-refractivity contribution in [3.05, 3.63) is 24.0 Å². The van der Waals surface area contributed by atoms with Crippen molar-refractivity contribution in [3.63, 3.8) is 0 Å². The van der Waals surface area contributed by atoms with Gasteiger partial charge in [0.1, 0.15) is 6.07 Å². The summed E-state index contributed by atoms with van der Waals surface area (Å²) < 4.78 is 5.32. The molecule has 106 valence electrons. The molecule has 0 atom stereocenters. The zero-order valence-corrected chi connectivity index (χ0v) is 11.9. The molecule has 0 aromatic carbocycles. The number of rotatable bonds is 3. The SMILES string of the molecule is CC1(CN2CCN(c3cnccc3C#N)CC2)COC1. The van der Waals surface area contributed by atoms with E-state index < -0.39 is 0 Å². The van der Waals surface area contributed by atoms with Crippen LogP contribution in [-0.2, 0) is 4.74 Å². The number of anilines is 1. The Balaban J connectivity index is 1.60. The fourth-order valence-corrected chi connectivity index (χ4v) is 2.96. The molecule has 0 bridgehead atoms. The van der Waals surface area contributed by atoms with Crippen LogP contribution in [0, 0.1) is 16.7 Å². The second kappa shape index (κ2) is 5.39. The van der Waals surface area contributed by atoms with E-state index in [9.17, 15) is 0 Å². The first-order valence-electron chi connectivity index (χ1n) is 7.09. The van der Waals surface area contributed by atoms with Crippen molar-refractivity contribution in [2.24, 2.45) is 5.41 Å². The van der Waals surface area contributed by atoms with Crippen LogP contribution in [0.25, 0.3) is 0 Å². The van der Waals surface area contributed by atoms with Crippen molar-refractivity contribution < 1.29 is 4.74 Å². The summed E-state index contributed by atoms with van der Waals surface area (Å²) in [4.78, 5) is 8.91. The van der Waals surface area contributed by atoms with E-state index in [2.05, 4.69) is 27.8 Å². The van der Waals surface area contributed by atoms with Gasteiger partial charge in [0, 0.05) is 44.3 Å². The normalized spacial score (nSPS) is 22.1. The molecule has 1 aromatic rings. The fraction of sp³-hybridized carbons (Fsp3) is 0.600. The first-order chi connectivity index (χ1) is 9.70. The third-order valence-electron chi connectivity index (χ3n) is 4.14. The molecule has 0 amide bonds. The third kappa shape index (κ3) is 2.62. The Hall–Kier alpha value is -1.64. The lowest BCUT2D eigenvalue weighted by Crippen LogP contribution is -2.54. The van der Waals surface area contributed by atoms with Crippen LogP contribution in [0.4, 0.5) is 5.69 Å². The lowest BCUT2D eigenvalue weighted by atomic mass is 9.88. The molecule has 5 nitrogen and oxygen atoms in total. The van der Waals surface area contributed by atoms with Gasteiger partial charge in [-0.15, -0.1) is 0 Å². The highest BCUT2D eigenvalue weighted by Crippen LogP contribution is 2.28. The number of pyridine rings is 1. The number of nitrogens with zero attached hydrogens (tertiary/aromatic N) is 4. The number of piperazine rings is 1. The molecule has 0 unspecified atom stereocenters. The van der Waals surface area contributed by atoms with Crippen molar-refractivity contribution in [3.8, 4) is 6.07 Å². The van der Waals surface area contributed by atoms with Gasteiger partial charge in [-0.3, -0.25) is 9.88 Å². The Labute approximate surface area is 119 Å². The van der Waals surface area contributed by atoms with Gasteiger partial charge in [0.25, 0.3) is 0 Å². The molecule has 5 heteroatoms. The summed E-state index contributed by atoms with van der Waals surface area (Å²) in [7, 11) is 0. The first-order valence-corrected chi connectivity index (χ1v) is 7.09. The Bertz CT molecular complexity index is 513. The summed E-state index contributed by atoms with van der Waals surface area (Å²) >= 11 is 0. The number of nitriles is 1. The van der Waals surface area contributed by atoms with E-state index >= 15 is 0 Å². The number of ether oxygens (including phenoxy) is 1. The highest BCUT2D eigenvalue weighted by Gasteiger charge is 2.35. The molecule has 3 rings (SSSR count). The Morgan fingerprint density at radius 2 is 2.10 bits per heavy atom. The molecule has 20 heavy (non-hydrogen) atoms. The molecule has 2 fully saturated rings. The molecule has 0 spiro atoms. The van der Waals surface area contributed by atoms with Gasteiger partial charge < -0.3 is 9.64 Å². The Morgan fingerprint density at radius 3 is 2.70 bits per heavy atom. The third-order valence-corrected chi connectivity index (χ3v) is 4.14. The minimum atomic E-state index is 0.342. The van der Waals surface area contributed by atoms with Crippen LogP contribution in [0.3, 0.4) is 0 Å². The summed E-state index contributed by atoms with van der Waals surface area (Å²) in [6, 6.07) is 4.03. The summed E-state index contributed by atoms with van der Waals surface area (Å²) in [5, 5.41) is 9.16. The van der Waals surface area contributed by atoms with Crippen molar-refractivity contribution in [1.82, 2.24) is 9.88 Å². The molecule has 2 aliphatic heterocycles. The van der Waals surface area contributed by atoms with Gasteiger partial charge in [-0.1, -0.05) is 6.92 Å². The van der Waals surface area contributed by atoms with Crippen LogP contribution in [-0.4, -0.2) is 55.8 Å². The highest BCUT2D eigenvalue weighted by atomic mass is 16.5. The van der Waals surface area contributed by atoms with E-state index in [1.165, 1.54) is 0 Å². The molecule has 3 heterocycles. The molecule has 0 radical (unpaired) electrons. The molecule has 0 saturated carbocycles. The minimum absolute atomic E-state index is 0.342. The van der Waals surface area contributed by atoms with Gasteiger partial charge in [0.05, 0.1) is 30.7 Å². The average Bonchev–Trinajstić information content (AvgIpc) is 2.46. The number of hydrogen-bond donors (Lipinski definition) is 0. The van der Waals surface area contributed by atoms with E-state index in [0.717, 1.165) is 51.6 Å². The average molecular weight is 272 g/mol. The second-order valence-electron chi connectivity index (χ2n) is 6.07. The molecular weight excluding hydrogens is 252 g/mol. The largest absolute Gasteiger partial charge is 0.380 e. The quantitative estimate of drug-likeness (QED) is 0.825. The van der Waals surface area contributed by atoms with Crippen LogP contribution in [0.15, 0.2) is 18.5 Å². The van der Waals surface area contributed by atoms with E-state index in [-0.39, 0.29) is 0 Å². The van der Waals surface area contributed by atoms with Gasteiger partial charge in [-0.2, -0.15) is 5.26 Å². The van der Waals surface area contributed by atoms with Gasteiger partial charge in [-0.25, -0.2) is 0 Å². The second-order valence-corrected chi connectivity index (χ2v) is 6.07. The molecule has 1 aromatic heterocycles. The van der Waals surface area contributed by atoms with Crippen molar-refractivity contribution in [1.29, 1.82) is 5.26 Å². The van der Waals surface area contributed by atoms with E-state index in [1.807, 2.05) is 0 Å². The van der Waals surface area contributed by atoms with Crippen LogP contribution < -0.4 is 4.90 Å². The standard InChI is InChI=1S/C15H20N4O/c1-15(11-20-12-15)10-18-4-6-19(7-5-18)14-9-17-3-2-13(14)8-16/h2-3,9H,4-7,10-12H2,1H3. The summed E-state index contributed by atoms with van der Waals surface area (Å²) in [5.41, 5.74) is 2.02. The number of hydrogen-bond acceptors (Lipinski definition) is 5. The van der Waals surface area contributed by atoms with Gasteiger partial charge in [-0.05, 0) is 6.07 Å². The lowest BCUT2D eigenvalue weighted by Gasteiger charge is -2.44. The predicted octanol–water partition coefficient (Wildman–Crippen LogP) is 1.11. The smallest absolute Gasteiger partial charge is 0.101 e. The maximum Gasteiger partial charge on any atom is 0.101 e. The lowest BCUT2D eigenvalue weighted by molar-refractivity contribution is -0.115. The van der Waals surface area contributed by atoms with Crippen molar-refractivity contribution in [2.75, 3.05) is 50.8 Å². The molecule has 2 aliphatic rings. The zero-order chi connectivity index (χ0) is 14.0. The molecule has 2 saturated heterocycles. The topological polar surface area (TPSA) is 52.4 Å². The van der Waals surface area contributed by atoms with E-state index in [0.29, 0.717) is 11.0 Å². The van der Waals surface area contributed by atoms with Crippen LogP contribution in [0.1, 0.15) is 12.5 Å². The summed E-state index contributed by atoms with van der Waals surface area (Å²) in [6.45, 7) is 9.15. The monoisotopic (exact) mass is 272 g/mol. The Morgan fingerprint density at radius 1 is 1.35 bits per heavy atom. The zero-order valence-electron chi connectivity index (χ0n) is 11.9. The van der Waals surface area contributed by atoms with Gasteiger partial charge in [0.2, 0.25) is 0 Å². The predicted molar refractivity (Wildman–Crippen MR) is 76.5 cm³/mol. The van der Waals surface area contributed by atoms with E-state index in [4.69, 9.17) is 10.00 Å². The fourth-order valence-electron chi connectivity index (χ4n) is 2.96. The van der Waals surface area contributed by atoms with Crippen molar-refractivity contribution in [2.45, 2.75) is 6.92 Å². The van der Waals surface area contributed by atoms with Crippen LogP contribution >= 0.6 is 0 Å². The highest BCUT2D eigenvalue weighted by molar-refractivity contribution is 5.57. The molecular formula is C15H20N4O. The van der Waals surface area contributed by atoms with Crippen LogP contribution in [0.2, 0.25) is 0 Å². The summed E-state index contributed by atoms with van der Waals surface area (Å²) in [5.74, 6) is 0. The number of aromatic nitrogens is 1. The summed E-state index contributed by atoms with van der Waals surface area (Å²) in [6.07, 6.45) is 3.48. The molecule has 0 aliphatic carbocycles. The first kappa shape index (κ1) is 13.3. The Kier molecular flexibility index (Phi) is 3.60. The maximum atomic E-state index is 9.16. The maximum absolute atomic E-state index is 9.16. The van der Waals surface area contributed by atoms with Crippen molar-refractivity contribution >= 4 is 5.69 Å². The van der Waals surface area contributed by atoms with Gasteiger partial charge in [0.15, 0.2) is 0 Å².